The summed E-state index contributed by atoms with van der Waals surface area (Å²) in [4.78, 5) is 11.9. The van der Waals surface area contributed by atoms with Crippen LogP contribution in [0.2, 0.25) is 0 Å². The summed E-state index contributed by atoms with van der Waals surface area (Å²) in [5.41, 5.74) is 0.722. The summed E-state index contributed by atoms with van der Waals surface area (Å²) in [6.07, 6.45) is 5.47. The van der Waals surface area contributed by atoms with E-state index < -0.39 is 5.60 Å². The van der Waals surface area contributed by atoms with Crippen LogP contribution in [0, 0.1) is 5.92 Å². The molecule has 0 unspecified atom stereocenters. The molecule has 0 aromatic heterocycles. The topological polar surface area (TPSA) is 35.5 Å². The molecule has 21 heavy (non-hydrogen) atoms. The summed E-state index contributed by atoms with van der Waals surface area (Å²) in [7, 11) is 0. The molecule has 1 aliphatic rings. The Morgan fingerprint density at radius 1 is 1.24 bits per heavy atom. The van der Waals surface area contributed by atoms with E-state index in [2.05, 4.69) is 12.2 Å². The van der Waals surface area contributed by atoms with Gasteiger partial charge in [0.25, 0.3) is 0 Å². The fourth-order valence-electron chi connectivity index (χ4n) is 2.43. The van der Waals surface area contributed by atoms with Crippen LogP contribution < -0.4 is 0 Å². The van der Waals surface area contributed by atoms with E-state index in [-0.39, 0.29) is 18.0 Å². The molecule has 1 aliphatic carbocycles. The molecule has 1 aromatic carbocycles. The van der Waals surface area contributed by atoms with E-state index in [1.807, 2.05) is 51.1 Å². The molecule has 114 valence electrons. The first-order valence-electron chi connectivity index (χ1n) is 7.48. The summed E-state index contributed by atoms with van der Waals surface area (Å²) < 4.78 is 11.3. The van der Waals surface area contributed by atoms with Gasteiger partial charge < -0.3 is 9.47 Å². The summed E-state index contributed by atoms with van der Waals surface area (Å²) in [6, 6.07) is 10.1. The number of benzene rings is 1. The zero-order valence-corrected chi connectivity index (χ0v) is 13.0. The molecule has 0 amide bonds. The monoisotopic (exact) mass is 288 g/mol. The highest BCUT2D eigenvalue weighted by Crippen LogP contribution is 2.26. The summed E-state index contributed by atoms with van der Waals surface area (Å²) in [6.45, 7) is 6.24. The van der Waals surface area contributed by atoms with Crippen LogP contribution in [0.5, 0.6) is 0 Å². The van der Waals surface area contributed by atoms with Gasteiger partial charge in [0.05, 0.1) is 19.1 Å². The number of carbonyl (C=O) groups is 1. The van der Waals surface area contributed by atoms with Gasteiger partial charge in [0, 0.05) is 5.92 Å². The molecule has 0 N–H and O–H groups in total. The number of esters is 1. The van der Waals surface area contributed by atoms with E-state index in [0.717, 1.165) is 12.0 Å². The third kappa shape index (κ3) is 5.35. The van der Waals surface area contributed by atoms with Crippen LogP contribution >= 0.6 is 0 Å². The van der Waals surface area contributed by atoms with Gasteiger partial charge in [0.15, 0.2) is 0 Å². The Balaban J connectivity index is 1.82. The molecule has 0 bridgehead atoms. The van der Waals surface area contributed by atoms with Crippen molar-refractivity contribution in [1.29, 1.82) is 0 Å². The quantitative estimate of drug-likeness (QED) is 0.609. The van der Waals surface area contributed by atoms with Gasteiger partial charge in [0.1, 0.15) is 5.60 Å². The molecule has 2 rings (SSSR count). The molecule has 2 atom stereocenters. The lowest BCUT2D eigenvalue weighted by atomic mass is 10.0. The highest BCUT2D eigenvalue weighted by Gasteiger charge is 2.28. The van der Waals surface area contributed by atoms with Crippen molar-refractivity contribution in [2.24, 2.45) is 5.92 Å². The minimum Gasteiger partial charge on any atom is -0.460 e. The van der Waals surface area contributed by atoms with Crippen LogP contribution in [0.1, 0.15) is 39.2 Å². The van der Waals surface area contributed by atoms with Gasteiger partial charge in [-0.1, -0.05) is 42.5 Å². The van der Waals surface area contributed by atoms with Crippen LogP contribution in [0.3, 0.4) is 0 Å². The lowest BCUT2D eigenvalue weighted by Crippen LogP contribution is -2.28. The van der Waals surface area contributed by atoms with E-state index >= 15 is 0 Å². The van der Waals surface area contributed by atoms with Crippen molar-refractivity contribution in [2.75, 3.05) is 0 Å². The zero-order valence-electron chi connectivity index (χ0n) is 13.0. The maximum absolute atomic E-state index is 11.9. The minimum atomic E-state index is -0.431. The summed E-state index contributed by atoms with van der Waals surface area (Å²) in [5, 5.41) is 0. The summed E-state index contributed by atoms with van der Waals surface area (Å²) >= 11 is 0. The van der Waals surface area contributed by atoms with Gasteiger partial charge in [0.2, 0.25) is 0 Å². The highest BCUT2D eigenvalue weighted by atomic mass is 16.6. The van der Waals surface area contributed by atoms with Crippen molar-refractivity contribution < 1.29 is 14.3 Å². The number of carbonyl (C=O) groups excluding carboxylic acids is 1. The van der Waals surface area contributed by atoms with E-state index in [9.17, 15) is 4.79 Å². The van der Waals surface area contributed by atoms with E-state index in [4.69, 9.17) is 9.47 Å². The predicted octanol–water partition coefficient (Wildman–Crippen LogP) is 3.88. The molecular weight excluding hydrogens is 264 g/mol. The lowest BCUT2D eigenvalue weighted by Gasteiger charge is -2.23. The fraction of sp³-hybridized carbons (Fsp3) is 0.500. The Bertz CT molecular complexity index is 485. The van der Waals surface area contributed by atoms with E-state index in [0.29, 0.717) is 13.0 Å². The lowest BCUT2D eigenvalue weighted by molar-refractivity contribution is -0.156. The molecule has 0 radical (unpaired) electrons. The van der Waals surface area contributed by atoms with Crippen molar-refractivity contribution >= 4 is 5.97 Å². The van der Waals surface area contributed by atoms with E-state index in [1.54, 1.807) is 0 Å². The van der Waals surface area contributed by atoms with Crippen molar-refractivity contribution in [3.63, 3.8) is 0 Å². The molecule has 0 saturated heterocycles. The van der Waals surface area contributed by atoms with E-state index in [1.165, 1.54) is 0 Å². The normalized spacial score (nSPS) is 21.5. The Kier molecular flexibility index (Phi) is 5.18. The molecule has 0 spiro atoms. The second-order valence-electron chi connectivity index (χ2n) is 6.45. The second kappa shape index (κ2) is 6.90. The maximum Gasteiger partial charge on any atom is 0.307 e. The molecular formula is C18H24O3. The van der Waals surface area contributed by atoms with Crippen molar-refractivity contribution in [2.45, 2.75) is 51.9 Å². The van der Waals surface area contributed by atoms with Gasteiger partial charge in [-0.3, -0.25) is 4.79 Å². The zero-order chi connectivity index (χ0) is 15.3. The second-order valence-corrected chi connectivity index (χ2v) is 6.45. The predicted molar refractivity (Wildman–Crippen MR) is 82.7 cm³/mol. The van der Waals surface area contributed by atoms with Crippen LogP contribution in [-0.2, 0) is 20.9 Å². The van der Waals surface area contributed by atoms with Crippen molar-refractivity contribution in [3.8, 4) is 0 Å². The van der Waals surface area contributed by atoms with Crippen LogP contribution in [0.15, 0.2) is 42.5 Å². The number of hydrogen-bond donors (Lipinski definition) is 0. The smallest absolute Gasteiger partial charge is 0.307 e. The molecule has 1 aromatic rings. The average Bonchev–Trinajstić information content (AvgIpc) is 2.82. The average molecular weight is 288 g/mol. The Labute approximate surface area is 127 Å². The van der Waals surface area contributed by atoms with Crippen LogP contribution in [-0.4, -0.2) is 17.7 Å². The van der Waals surface area contributed by atoms with Crippen LogP contribution in [0.4, 0.5) is 0 Å². The molecule has 3 nitrogen and oxygen atoms in total. The highest BCUT2D eigenvalue weighted by molar-refractivity contribution is 5.70. The van der Waals surface area contributed by atoms with Gasteiger partial charge >= 0.3 is 5.97 Å². The maximum atomic E-state index is 11.9. The molecule has 0 saturated carbocycles. The van der Waals surface area contributed by atoms with Crippen LogP contribution in [0.25, 0.3) is 0 Å². The Morgan fingerprint density at radius 2 is 1.95 bits per heavy atom. The third-order valence-corrected chi connectivity index (χ3v) is 3.36. The molecule has 0 aliphatic heterocycles. The standard InChI is InChI=1S/C18H24O3/c1-18(2,3)21-17(19)12-15-10-7-11-16(15)20-13-14-8-5-4-6-9-14/h4-10,15-16H,11-13H2,1-3H3/t15-,16-/m0/s1. The first-order chi connectivity index (χ1) is 9.94. The molecule has 0 fully saturated rings. The molecule has 0 heterocycles. The Hall–Kier alpha value is -1.61. The first-order valence-corrected chi connectivity index (χ1v) is 7.48. The number of ether oxygens (including phenoxy) is 2. The van der Waals surface area contributed by atoms with Gasteiger partial charge in [-0.15, -0.1) is 0 Å². The summed E-state index contributed by atoms with van der Waals surface area (Å²) in [5.74, 6) is -0.0454. The number of rotatable bonds is 5. The third-order valence-electron chi connectivity index (χ3n) is 3.36. The minimum absolute atomic E-state index is 0.0673. The first kappa shape index (κ1) is 15.8. The van der Waals surface area contributed by atoms with Crippen molar-refractivity contribution in [3.05, 3.63) is 48.0 Å². The van der Waals surface area contributed by atoms with Gasteiger partial charge in [-0.25, -0.2) is 0 Å². The Morgan fingerprint density at radius 3 is 2.62 bits per heavy atom. The van der Waals surface area contributed by atoms with Gasteiger partial charge in [-0.2, -0.15) is 0 Å². The van der Waals surface area contributed by atoms with Crippen molar-refractivity contribution in [1.82, 2.24) is 0 Å². The largest absolute Gasteiger partial charge is 0.460 e. The van der Waals surface area contributed by atoms with Gasteiger partial charge in [-0.05, 0) is 32.8 Å². The fourth-order valence-corrected chi connectivity index (χ4v) is 2.43. The number of hydrogen-bond acceptors (Lipinski definition) is 3. The SMILES string of the molecule is CC(C)(C)OC(=O)C[C@@H]1C=CC[C@@H]1OCc1ccccc1. The molecule has 3 heteroatoms.